The summed E-state index contributed by atoms with van der Waals surface area (Å²) in [6.07, 6.45) is 0.599. The molecule has 0 spiro atoms. The minimum atomic E-state index is -1.77. The summed E-state index contributed by atoms with van der Waals surface area (Å²) in [5.74, 6) is -9.50. The van der Waals surface area contributed by atoms with E-state index in [1.54, 1.807) is 0 Å². The van der Waals surface area contributed by atoms with E-state index in [-0.39, 0.29) is 6.07 Å². The normalized spacial score (nSPS) is 9.87. The Kier molecular flexibility index (Phi) is 3.08. The fourth-order valence-electron chi connectivity index (χ4n) is 0.783. The van der Waals surface area contributed by atoms with Gasteiger partial charge in [-0.3, -0.25) is 0 Å². The molecular weight excluding hydrogens is 216 g/mol. The first-order chi connectivity index (χ1) is 6.97. The van der Waals surface area contributed by atoms with Crippen molar-refractivity contribution in [3.05, 3.63) is 42.0 Å². The molecule has 0 aromatic heterocycles. The number of hydrogen-bond acceptors (Lipinski definition) is 2. The molecular formula is C9H4F4O2. The fourth-order valence-corrected chi connectivity index (χ4v) is 0.783. The molecule has 0 aliphatic carbocycles. The van der Waals surface area contributed by atoms with Crippen LogP contribution in [0.3, 0.4) is 0 Å². The number of benzene rings is 1. The molecule has 1 rings (SSSR count). The molecule has 6 heteroatoms. The van der Waals surface area contributed by atoms with Crippen molar-refractivity contribution in [1.82, 2.24) is 0 Å². The topological polar surface area (TPSA) is 26.3 Å². The molecule has 0 N–H and O–H groups in total. The van der Waals surface area contributed by atoms with Gasteiger partial charge in [0.05, 0.1) is 0 Å². The predicted molar refractivity (Wildman–Crippen MR) is 42.1 cm³/mol. The highest BCUT2D eigenvalue weighted by Crippen LogP contribution is 2.26. The zero-order chi connectivity index (χ0) is 11.6. The van der Waals surface area contributed by atoms with Crippen LogP contribution in [0.25, 0.3) is 0 Å². The van der Waals surface area contributed by atoms with E-state index < -0.39 is 35.0 Å². The summed E-state index contributed by atoms with van der Waals surface area (Å²) >= 11 is 0. The van der Waals surface area contributed by atoms with E-state index in [4.69, 9.17) is 0 Å². The third kappa shape index (κ3) is 2.15. The lowest BCUT2D eigenvalue weighted by molar-refractivity contribution is -0.129. The molecule has 1 aromatic carbocycles. The predicted octanol–water partition coefficient (Wildman–Crippen LogP) is 2.33. The van der Waals surface area contributed by atoms with Gasteiger partial charge in [0.1, 0.15) is 0 Å². The van der Waals surface area contributed by atoms with Gasteiger partial charge in [-0.1, -0.05) is 6.58 Å². The number of halogens is 4. The Hall–Kier alpha value is -1.85. The number of ether oxygens (including phenoxy) is 1. The maximum Gasteiger partial charge on any atom is 0.335 e. The molecule has 0 amide bonds. The molecule has 2 nitrogen and oxygen atoms in total. The second kappa shape index (κ2) is 4.12. The summed E-state index contributed by atoms with van der Waals surface area (Å²) in [6, 6.07) is 0.00983. The zero-order valence-electron chi connectivity index (χ0n) is 7.19. The van der Waals surface area contributed by atoms with Crippen molar-refractivity contribution in [2.75, 3.05) is 0 Å². The van der Waals surface area contributed by atoms with Crippen molar-refractivity contribution < 1.29 is 27.1 Å². The van der Waals surface area contributed by atoms with Gasteiger partial charge in [-0.15, -0.1) is 0 Å². The minimum Gasteiger partial charge on any atom is -0.417 e. The summed E-state index contributed by atoms with van der Waals surface area (Å²) in [4.78, 5) is 10.6. The van der Waals surface area contributed by atoms with Crippen molar-refractivity contribution in [2.24, 2.45) is 0 Å². The Labute approximate surface area is 81.8 Å². The second-order valence-corrected chi connectivity index (χ2v) is 2.42. The van der Waals surface area contributed by atoms with Gasteiger partial charge in [0.2, 0.25) is 17.4 Å². The van der Waals surface area contributed by atoms with Crippen molar-refractivity contribution >= 4 is 5.97 Å². The number of rotatable bonds is 2. The van der Waals surface area contributed by atoms with Crippen LogP contribution in [-0.4, -0.2) is 5.97 Å². The first kappa shape index (κ1) is 11.2. The van der Waals surface area contributed by atoms with E-state index in [2.05, 4.69) is 11.3 Å². The van der Waals surface area contributed by atoms with Crippen LogP contribution >= 0.6 is 0 Å². The lowest BCUT2D eigenvalue weighted by Gasteiger charge is -2.05. The maximum absolute atomic E-state index is 12.8. The standard InChI is InChI=1S/C9H4F4O2/c1-2-6(14)15-9-7(12)4(10)3-5(11)8(9)13/h2-3H,1H2. The minimum absolute atomic E-state index is 0.00983. The van der Waals surface area contributed by atoms with Crippen LogP contribution < -0.4 is 4.74 Å². The lowest BCUT2D eigenvalue weighted by Crippen LogP contribution is -2.09. The summed E-state index contributed by atoms with van der Waals surface area (Å²) in [5.41, 5.74) is 0. The van der Waals surface area contributed by atoms with Crippen molar-refractivity contribution in [3.63, 3.8) is 0 Å². The Bertz CT molecular complexity index is 402. The first-order valence-electron chi connectivity index (χ1n) is 3.64. The van der Waals surface area contributed by atoms with E-state index in [1.165, 1.54) is 0 Å². The summed E-state index contributed by atoms with van der Waals surface area (Å²) < 4.78 is 54.8. The van der Waals surface area contributed by atoms with Crippen molar-refractivity contribution in [1.29, 1.82) is 0 Å². The van der Waals surface area contributed by atoms with Gasteiger partial charge in [0.15, 0.2) is 11.6 Å². The second-order valence-electron chi connectivity index (χ2n) is 2.42. The molecule has 0 saturated heterocycles. The fraction of sp³-hybridized carbons (Fsp3) is 0. The first-order valence-corrected chi connectivity index (χ1v) is 3.64. The van der Waals surface area contributed by atoms with Crippen LogP contribution in [0.15, 0.2) is 18.7 Å². The average molecular weight is 220 g/mol. The van der Waals surface area contributed by atoms with Crippen molar-refractivity contribution in [3.8, 4) is 5.75 Å². The van der Waals surface area contributed by atoms with Crippen molar-refractivity contribution in [2.45, 2.75) is 0 Å². The van der Waals surface area contributed by atoms with E-state index in [0.717, 1.165) is 0 Å². The quantitative estimate of drug-likeness (QED) is 0.251. The van der Waals surface area contributed by atoms with Gasteiger partial charge in [-0.25, -0.2) is 13.6 Å². The van der Waals surface area contributed by atoms with Gasteiger partial charge in [-0.2, -0.15) is 8.78 Å². The molecule has 0 heterocycles. The number of carbonyl (C=O) groups is 1. The van der Waals surface area contributed by atoms with E-state index in [9.17, 15) is 22.4 Å². The largest absolute Gasteiger partial charge is 0.417 e. The summed E-state index contributed by atoms with van der Waals surface area (Å²) in [5, 5.41) is 0. The van der Waals surface area contributed by atoms with E-state index in [0.29, 0.717) is 6.08 Å². The molecule has 80 valence electrons. The van der Waals surface area contributed by atoms with Gasteiger partial charge >= 0.3 is 5.97 Å². The third-order valence-electron chi connectivity index (χ3n) is 1.44. The third-order valence-corrected chi connectivity index (χ3v) is 1.44. The van der Waals surface area contributed by atoms with Gasteiger partial charge in [0.25, 0.3) is 0 Å². The number of carbonyl (C=O) groups excluding carboxylic acids is 1. The van der Waals surface area contributed by atoms with Crippen LogP contribution in [0.1, 0.15) is 0 Å². The maximum atomic E-state index is 12.8. The highest BCUT2D eigenvalue weighted by Gasteiger charge is 2.21. The average Bonchev–Trinajstić information content (AvgIpc) is 2.21. The van der Waals surface area contributed by atoms with E-state index in [1.807, 2.05) is 0 Å². The Balaban J connectivity index is 3.26. The molecule has 0 aliphatic rings. The molecule has 0 aliphatic heterocycles. The monoisotopic (exact) mass is 220 g/mol. The van der Waals surface area contributed by atoms with Crippen LogP contribution in [0.5, 0.6) is 5.75 Å². The van der Waals surface area contributed by atoms with Crippen LogP contribution in [0, 0.1) is 23.3 Å². The van der Waals surface area contributed by atoms with Crippen LogP contribution in [0.4, 0.5) is 17.6 Å². The van der Waals surface area contributed by atoms with E-state index >= 15 is 0 Å². The molecule has 0 radical (unpaired) electrons. The molecule has 0 unspecified atom stereocenters. The molecule has 1 aromatic rings. The Morgan fingerprint density at radius 2 is 1.67 bits per heavy atom. The number of hydrogen-bond donors (Lipinski definition) is 0. The molecule has 15 heavy (non-hydrogen) atoms. The highest BCUT2D eigenvalue weighted by atomic mass is 19.2. The van der Waals surface area contributed by atoms with Gasteiger partial charge in [-0.05, 0) is 0 Å². The highest BCUT2D eigenvalue weighted by molar-refractivity contribution is 5.83. The zero-order valence-corrected chi connectivity index (χ0v) is 7.19. The summed E-state index contributed by atoms with van der Waals surface area (Å²) in [6.45, 7) is 2.95. The van der Waals surface area contributed by atoms with Crippen LogP contribution in [0.2, 0.25) is 0 Å². The van der Waals surface area contributed by atoms with Gasteiger partial charge < -0.3 is 4.74 Å². The Morgan fingerprint density at radius 3 is 2.07 bits per heavy atom. The Morgan fingerprint density at radius 1 is 1.20 bits per heavy atom. The molecule has 0 saturated carbocycles. The number of esters is 1. The smallest absolute Gasteiger partial charge is 0.335 e. The van der Waals surface area contributed by atoms with Gasteiger partial charge in [0, 0.05) is 12.1 Å². The molecule has 0 fully saturated rings. The molecule has 0 bridgehead atoms. The lowest BCUT2D eigenvalue weighted by atomic mass is 10.3. The van der Waals surface area contributed by atoms with Crippen LogP contribution in [-0.2, 0) is 4.79 Å². The summed E-state index contributed by atoms with van der Waals surface area (Å²) in [7, 11) is 0. The SMILES string of the molecule is C=CC(=O)Oc1c(F)c(F)cc(F)c1F. The molecule has 0 atom stereocenters.